The van der Waals surface area contributed by atoms with Crippen LogP contribution in [0.25, 0.3) is 11.5 Å². The van der Waals surface area contributed by atoms with Gasteiger partial charge in [-0.05, 0) is 38.0 Å². The van der Waals surface area contributed by atoms with Crippen LogP contribution in [0, 0.1) is 19.8 Å². The van der Waals surface area contributed by atoms with Gasteiger partial charge in [0.15, 0.2) is 0 Å². The quantitative estimate of drug-likeness (QED) is 0.712. The third kappa shape index (κ3) is 5.57. The van der Waals surface area contributed by atoms with E-state index >= 15 is 0 Å². The molecule has 2 amide bonds. The zero-order valence-corrected chi connectivity index (χ0v) is 16.1. The summed E-state index contributed by atoms with van der Waals surface area (Å²) in [4.78, 5) is 28.1. The summed E-state index contributed by atoms with van der Waals surface area (Å²) in [5, 5.41) is 5.27. The Kier molecular flexibility index (Phi) is 7.79. The Morgan fingerprint density at radius 2 is 1.96 bits per heavy atom. The van der Waals surface area contributed by atoms with Gasteiger partial charge in [0.25, 0.3) is 0 Å². The summed E-state index contributed by atoms with van der Waals surface area (Å²) in [7, 11) is 0. The Labute approximate surface area is 159 Å². The first-order chi connectivity index (χ1) is 11.8. The first kappa shape index (κ1) is 21.7. The third-order valence-electron chi connectivity index (χ3n) is 3.87. The molecular formula is C18H25ClN4O3. The molecule has 1 heterocycles. The lowest BCUT2D eigenvalue weighted by atomic mass is 10.1. The molecule has 1 aromatic carbocycles. The normalized spacial score (nSPS) is 11.6. The number of aromatic nitrogens is 1. The molecule has 0 unspecified atom stereocenters. The molecule has 7 nitrogen and oxygen atoms in total. The molecule has 0 fully saturated rings. The number of nitrogens with two attached hydrogens (primary N) is 1. The van der Waals surface area contributed by atoms with Crippen LogP contribution in [0.3, 0.4) is 0 Å². The molecule has 142 valence electrons. The van der Waals surface area contributed by atoms with Crippen molar-refractivity contribution in [2.24, 2.45) is 11.7 Å². The van der Waals surface area contributed by atoms with E-state index in [2.05, 4.69) is 15.6 Å². The molecule has 2 aromatic rings. The van der Waals surface area contributed by atoms with Crippen molar-refractivity contribution < 1.29 is 14.0 Å². The van der Waals surface area contributed by atoms with Gasteiger partial charge < -0.3 is 20.8 Å². The number of halogens is 1. The number of hydrogen-bond acceptors (Lipinski definition) is 5. The van der Waals surface area contributed by atoms with Gasteiger partial charge in [-0.1, -0.05) is 19.9 Å². The maximum atomic E-state index is 12.0. The van der Waals surface area contributed by atoms with Crippen LogP contribution >= 0.6 is 12.4 Å². The van der Waals surface area contributed by atoms with Crippen LogP contribution in [-0.2, 0) is 9.59 Å². The van der Waals surface area contributed by atoms with Crippen LogP contribution in [0.15, 0.2) is 28.7 Å². The monoisotopic (exact) mass is 380 g/mol. The van der Waals surface area contributed by atoms with Crippen LogP contribution in [-0.4, -0.2) is 29.4 Å². The van der Waals surface area contributed by atoms with Gasteiger partial charge in [-0.25, -0.2) is 4.98 Å². The number of aryl methyl sites for hydroxylation is 2. The second kappa shape index (κ2) is 9.35. The second-order valence-corrected chi connectivity index (χ2v) is 6.28. The summed E-state index contributed by atoms with van der Waals surface area (Å²) in [5.41, 5.74) is 7.92. The average Bonchev–Trinajstić information content (AvgIpc) is 2.91. The van der Waals surface area contributed by atoms with E-state index in [1.807, 2.05) is 33.8 Å². The largest absolute Gasteiger partial charge is 0.441 e. The molecule has 26 heavy (non-hydrogen) atoms. The summed E-state index contributed by atoms with van der Waals surface area (Å²) in [5.74, 6) is 0.592. The van der Waals surface area contributed by atoms with Crippen LogP contribution in [0.2, 0.25) is 0 Å². The van der Waals surface area contributed by atoms with Crippen LogP contribution < -0.4 is 16.4 Å². The number of nitrogens with one attached hydrogen (secondary N) is 2. The van der Waals surface area contributed by atoms with E-state index in [1.165, 1.54) is 0 Å². The van der Waals surface area contributed by atoms with Gasteiger partial charge in [0.1, 0.15) is 5.76 Å². The molecule has 8 heteroatoms. The Balaban J connectivity index is 0.00000338. The number of amides is 2. The Morgan fingerprint density at radius 3 is 2.54 bits per heavy atom. The molecule has 0 bridgehead atoms. The second-order valence-electron chi connectivity index (χ2n) is 6.28. The van der Waals surface area contributed by atoms with Gasteiger partial charge >= 0.3 is 0 Å². The highest BCUT2D eigenvalue weighted by Crippen LogP contribution is 2.23. The highest BCUT2D eigenvalue weighted by Gasteiger charge is 2.17. The Bertz CT molecular complexity index is 754. The van der Waals surface area contributed by atoms with E-state index in [4.69, 9.17) is 10.2 Å². The lowest BCUT2D eigenvalue weighted by molar-refractivity contribution is -0.125. The molecule has 1 atom stereocenters. The minimum absolute atomic E-state index is 0. The standard InChI is InChI=1S/C18H24N4O3.ClH/c1-10(2)16(19)17(24)20-9-15(23)22-14-7-5-6-13(8-14)18-21-11(3)12(4)25-18;/h5-8,10,16H,9,19H2,1-4H3,(H,20,24)(H,22,23);1H/t16-;/m0./s1. The maximum absolute atomic E-state index is 12.0. The molecular weight excluding hydrogens is 356 g/mol. The van der Waals surface area contributed by atoms with E-state index < -0.39 is 6.04 Å². The number of rotatable bonds is 6. The molecule has 4 N–H and O–H groups in total. The van der Waals surface area contributed by atoms with Crippen molar-refractivity contribution in [2.45, 2.75) is 33.7 Å². The smallest absolute Gasteiger partial charge is 0.243 e. The molecule has 2 rings (SSSR count). The molecule has 0 aliphatic carbocycles. The molecule has 0 spiro atoms. The molecule has 0 aliphatic heterocycles. The fourth-order valence-corrected chi connectivity index (χ4v) is 2.12. The van der Waals surface area contributed by atoms with E-state index in [9.17, 15) is 9.59 Å². The highest BCUT2D eigenvalue weighted by atomic mass is 35.5. The number of nitrogens with zero attached hydrogens (tertiary/aromatic N) is 1. The SMILES string of the molecule is Cc1nc(-c2cccc(NC(=O)CNC(=O)[C@@H](N)C(C)C)c2)oc1C.Cl. The van der Waals surface area contributed by atoms with Gasteiger partial charge in [0.05, 0.1) is 18.3 Å². The topological polar surface area (TPSA) is 110 Å². The summed E-state index contributed by atoms with van der Waals surface area (Å²) in [6, 6.07) is 6.54. The number of benzene rings is 1. The zero-order chi connectivity index (χ0) is 18.6. The molecule has 0 radical (unpaired) electrons. The predicted octanol–water partition coefficient (Wildman–Crippen LogP) is 2.42. The summed E-state index contributed by atoms with van der Waals surface area (Å²) in [6.07, 6.45) is 0. The molecule has 0 aliphatic rings. The Morgan fingerprint density at radius 1 is 1.27 bits per heavy atom. The number of carbonyl (C=O) groups is 2. The number of hydrogen-bond donors (Lipinski definition) is 3. The van der Waals surface area contributed by atoms with E-state index in [0.29, 0.717) is 11.6 Å². The van der Waals surface area contributed by atoms with Crippen molar-refractivity contribution in [1.29, 1.82) is 0 Å². The van der Waals surface area contributed by atoms with Gasteiger partial charge in [0, 0.05) is 11.3 Å². The van der Waals surface area contributed by atoms with Crippen molar-refractivity contribution in [2.75, 3.05) is 11.9 Å². The summed E-state index contributed by atoms with van der Waals surface area (Å²) < 4.78 is 5.59. The van der Waals surface area contributed by atoms with E-state index in [0.717, 1.165) is 17.0 Å². The highest BCUT2D eigenvalue weighted by molar-refractivity contribution is 5.95. The molecule has 0 saturated heterocycles. The Hall–Kier alpha value is -2.38. The molecule has 1 aromatic heterocycles. The average molecular weight is 381 g/mol. The molecule has 0 saturated carbocycles. The minimum atomic E-state index is -0.632. The van der Waals surface area contributed by atoms with Crippen molar-refractivity contribution in [1.82, 2.24) is 10.3 Å². The number of anilines is 1. The fourth-order valence-electron chi connectivity index (χ4n) is 2.12. The number of carbonyl (C=O) groups excluding carboxylic acids is 2. The van der Waals surface area contributed by atoms with Crippen LogP contribution in [0.1, 0.15) is 25.3 Å². The van der Waals surface area contributed by atoms with Crippen molar-refractivity contribution in [3.8, 4) is 11.5 Å². The first-order valence-electron chi connectivity index (χ1n) is 8.15. The first-order valence-corrected chi connectivity index (χ1v) is 8.15. The van der Waals surface area contributed by atoms with Gasteiger partial charge in [-0.15, -0.1) is 12.4 Å². The van der Waals surface area contributed by atoms with Crippen molar-refractivity contribution >= 4 is 29.9 Å². The summed E-state index contributed by atoms with van der Waals surface area (Å²) in [6.45, 7) is 7.28. The van der Waals surface area contributed by atoms with E-state index in [-0.39, 0.29) is 36.7 Å². The summed E-state index contributed by atoms with van der Waals surface area (Å²) >= 11 is 0. The number of oxazole rings is 1. The zero-order valence-electron chi connectivity index (χ0n) is 15.3. The fraction of sp³-hybridized carbons (Fsp3) is 0.389. The van der Waals surface area contributed by atoms with Gasteiger partial charge in [0.2, 0.25) is 17.7 Å². The van der Waals surface area contributed by atoms with Gasteiger partial charge in [-0.3, -0.25) is 9.59 Å². The van der Waals surface area contributed by atoms with Crippen LogP contribution in [0.4, 0.5) is 5.69 Å². The maximum Gasteiger partial charge on any atom is 0.243 e. The van der Waals surface area contributed by atoms with Crippen molar-refractivity contribution in [3.05, 3.63) is 35.7 Å². The van der Waals surface area contributed by atoms with E-state index in [1.54, 1.807) is 18.2 Å². The predicted molar refractivity (Wildman–Crippen MR) is 103 cm³/mol. The van der Waals surface area contributed by atoms with Gasteiger partial charge in [-0.2, -0.15) is 0 Å². The lowest BCUT2D eigenvalue weighted by Gasteiger charge is -2.15. The third-order valence-corrected chi connectivity index (χ3v) is 3.87. The lowest BCUT2D eigenvalue weighted by Crippen LogP contribution is -2.46. The minimum Gasteiger partial charge on any atom is -0.441 e. The van der Waals surface area contributed by atoms with Crippen LogP contribution in [0.5, 0.6) is 0 Å². The van der Waals surface area contributed by atoms with Crippen molar-refractivity contribution in [3.63, 3.8) is 0 Å².